The van der Waals surface area contributed by atoms with Crippen LogP contribution in [0.1, 0.15) is 48.0 Å². The highest BCUT2D eigenvalue weighted by Crippen LogP contribution is 2.44. The number of fused-ring (bicyclic) bond motifs is 1. The molecule has 4 atom stereocenters. The number of Topliss-reactive ketones (excluding diaryl/α,β-unsaturated/α-hetero) is 1. The molecule has 122 valence electrons. The molecule has 0 amide bonds. The van der Waals surface area contributed by atoms with E-state index in [4.69, 9.17) is 13.9 Å². The summed E-state index contributed by atoms with van der Waals surface area (Å²) in [7, 11) is -1.84. The Hall–Kier alpha value is -0.233. The van der Waals surface area contributed by atoms with E-state index in [1.54, 1.807) is 0 Å². The van der Waals surface area contributed by atoms with Gasteiger partial charge in [-0.2, -0.15) is 0 Å². The molecule has 0 bridgehead atoms. The van der Waals surface area contributed by atoms with Crippen LogP contribution in [-0.2, 0) is 18.7 Å². The molecule has 0 aromatic heterocycles. The van der Waals surface area contributed by atoms with Crippen LogP contribution in [0.25, 0.3) is 0 Å². The van der Waals surface area contributed by atoms with Gasteiger partial charge in [-0.1, -0.05) is 20.8 Å². The topological polar surface area (TPSA) is 44.8 Å². The summed E-state index contributed by atoms with van der Waals surface area (Å²) in [5.74, 6) is -0.417. The van der Waals surface area contributed by atoms with Crippen LogP contribution in [0.15, 0.2) is 0 Å². The molecule has 0 aromatic carbocycles. The summed E-state index contributed by atoms with van der Waals surface area (Å²) in [5.41, 5.74) is 0. The van der Waals surface area contributed by atoms with Gasteiger partial charge < -0.3 is 13.9 Å². The number of carbonyl (C=O) groups is 1. The van der Waals surface area contributed by atoms with Crippen LogP contribution in [0.3, 0.4) is 0 Å². The van der Waals surface area contributed by atoms with Crippen LogP contribution in [-0.4, -0.2) is 38.2 Å². The first-order valence-electron chi connectivity index (χ1n) is 7.90. The van der Waals surface area contributed by atoms with Crippen molar-refractivity contribution >= 4 is 14.1 Å². The van der Waals surface area contributed by atoms with E-state index < -0.39 is 20.2 Å². The molecule has 1 aliphatic carbocycles. The summed E-state index contributed by atoms with van der Waals surface area (Å²) >= 11 is 0. The van der Waals surface area contributed by atoms with Crippen molar-refractivity contribution in [2.75, 3.05) is 0 Å². The predicted octanol–water partition coefficient (Wildman–Crippen LogP) is 3.51. The van der Waals surface area contributed by atoms with Gasteiger partial charge in [0.2, 0.25) is 0 Å². The van der Waals surface area contributed by atoms with Crippen molar-refractivity contribution in [1.82, 2.24) is 0 Å². The van der Waals surface area contributed by atoms with Gasteiger partial charge in [0, 0.05) is 18.4 Å². The van der Waals surface area contributed by atoms with Gasteiger partial charge in [-0.15, -0.1) is 0 Å². The zero-order chi connectivity index (χ0) is 16.2. The maximum atomic E-state index is 12.2. The van der Waals surface area contributed by atoms with Crippen LogP contribution in [0.5, 0.6) is 0 Å². The highest BCUT2D eigenvalue weighted by molar-refractivity contribution is 6.74. The first-order valence-corrected chi connectivity index (χ1v) is 10.8. The Balaban J connectivity index is 2.10. The van der Waals surface area contributed by atoms with Crippen molar-refractivity contribution in [3.05, 3.63) is 0 Å². The normalized spacial score (nSPS) is 34.1. The average Bonchev–Trinajstić information content (AvgIpc) is 2.72. The molecule has 21 heavy (non-hydrogen) atoms. The van der Waals surface area contributed by atoms with Crippen molar-refractivity contribution in [1.29, 1.82) is 0 Å². The molecule has 0 unspecified atom stereocenters. The van der Waals surface area contributed by atoms with Crippen LogP contribution in [0, 0.1) is 5.92 Å². The summed E-state index contributed by atoms with van der Waals surface area (Å²) in [6, 6.07) is 0. The van der Waals surface area contributed by atoms with E-state index in [0.29, 0.717) is 6.42 Å². The maximum absolute atomic E-state index is 12.2. The summed E-state index contributed by atoms with van der Waals surface area (Å²) in [4.78, 5) is 12.2. The average molecular weight is 314 g/mol. The maximum Gasteiger partial charge on any atom is 0.192 e. The van der Waals surface area contributed by atoms with Gasteiger partial charge in [0.25, 0.3) is 0 Å². The standard InChI is InChI=1S/C16H30O4Si/c1-10(20-21(7,8)15(2,3)4)11-9-12(17)14-13(11)18-16(5,6)19-14/h10-11,13-14H,9H2,1-8H3/t10-,11+,13+,14-/m0/s1. The molecule has 2 aliphatic rings. The molecule has 1 saturated carbocycles. The Morgan fingerprint density at radius 1 is 1.29 bits per heavy atom. The van der Waals surface area contributed by atoms with E-state index in [1.165, 1.54) is 0 Å². The van der Waals surface area contributed by atoms with Gasteiger partial charge >= 0.3 is 0 Å². The molecule has 0 N–H and O–H groups in total. The second-order valence-electron chi connectivity index (χ2n) is 8.44. The minimum Gasteiger partial charge on any atom is -0.414 e. The van der Waals surface area contributed by atoms with Crippen molar-refractivity contribution in [2.45, 2.75) is 90.2 Å². The van der Waals surface area contributed by atoms with Crippen molar-refractivity contribution in [3.63, 3.8) is 0 Å². The number of ketones is 1. The van der Waals surface area contributed by atoms with Gasteiger partial charge in [0.05, 0.1) is 6.10 Å². The second kappa shape index (κ2) is 5.15. The van der Waals surface area contributed by atoms with E-state index in [9.17, 15) is 4.79 Å². The molecule has 0 aromatic rings. The molecule has 1 aliphatic heterocycles. The van der Waals surface area contributed by atoms with Gasteiger partial charge in [0.1, 0.15) is 6.10 Å². The lowest BCUT2D eigenvalue weighted by Crippen LogP contribution is -2.46. The molecule has 0 radical (unpaired) electrons. The third-order valence-electron chi connectivity index (χ3n) is 5.19. The SMILES string of the molecule is C[C@H](O[Si](C)(C)C(C)(C)C)[C@H]1CC(=O)[C@@H]2OC(C)(C)O[C@H]12. The minimum atomic E-state index is -1.84. The predicted molar refractivity (Wildman–Crippen MR) is 84.7 cm³/mol. The fraction of sp³-hybridized carbons (Fsp3) is 0.938. The molecule has 1 heterocycles. The smallest absolute Gasteiger partial charge is 0.192 e. The number of hydrogen-bond donors (Lipinski definition) is 0. The fourth-order valence-electron chi connectivity index (χ4n) is 2.98. The Labute approximate surface area is 129 Å². The van der Waals surface area contributed by atoms with E-state index >= 15 is 0 Å². The van der Waals surface area contributed by atoms with Crippen molar-refractivity contribution in [3.8, 4) is 0 Å². The monoisotopic (exact) mass is 314 g/mol. The Bertz CT molecular complexity index is 424. The largest absolute Gasteiger partial charge is 0.414 e. The van der Waals surface area contributed by atoms with Crippen LogP contribution in [0.4, 0.5) is 0 Å². The molecule has 0 spiro atoms. The fourth-order valence-corrected chi connectivity index (χ4v) is 4.44. The van der Waals surface area contributed by atoms with Gasteiger partial charge in [0.15, 0.2) is 19.9 Å². The first kappa shape index (κ1) is 17.1. The lowest BCUT2D eigenvalue weighted by molar-refractivity contribution is -0.165. The van der Waals surface area contributed by atoms with Crippen LogP contribution < -0.4 is 0 Å². The molecular weight excluding hydrogens is 284 g/mol. The molecule has 2 fully saturated rings. The molecule has 5 heteroatoms. The highest BCUT2D eigenvalue weighted by Gasteiger charge is 2.56. The Morgan fingerprint density at radius 2 is 1.86 bits per heavy atom. The number of rotatable bonds is 3. The molecule has 1 saturated heterocycles. The van der Waals surface area contributed by atoms with Crippen molar-refractivity contribution in [2.24, 2.45) is 5.92 Å². The molecule has 4 nitrogen and oxygen atoms in total. The third kappa shape index (κ3) is 3.26. The van der Waals surface area contributed by atoms with E-state index in [1.807, 2.05) is 13.8 Å². The zero-order valence-corrected chi connectivity index (χ0v) is 15.6. The Morgan fingerprint density at radius 3 is 2.38 bits per heavy atom. The molecule has 2 rings (SSSR count). The summed E-state index contributed by atoms with van der Waals surface area (Å²) < 4.78 is 18.2. The van der Waals surface area contributed by atoms with Gasteiger partial charge in [-0.3, -0.25) is 4.79 Å². The Kier molecular flexibility index (Phi) is 4.20. The van der Waals surface area contributed by atoms with E-state index in [2.05, 4.69) is 40.8 Å². The van der Waals surface area contributed by atoms with Gasteiger partial charge in [-0.25, -0.2) is 0 Å². The van der Waals surface area contributed by atoms with E-state index in [-0.39, 0.29) is 28.9 Å². The lowest BCUT2D eigenvalue weighted by Gasteiger charge is -2.40. The van der Waals surface area contributed by atoms with Crippen molar-refractivity contribution < 1.29 is 18.7 Å². The van der Waals surface area contributed by atoms with Crippen LogP contribution >= 0.6 is 0 Å². The summed E-state index contributed by atoms with van der Waals surface area (Å²) in [6.45, 7) is 17.0. The summed E-state index contributed by atoms with van der Waals surface area (Å²) in [5, 5.41) is 0.162. The second-order valence-corrected chi connectivity index (χ2v) is 13.2. The van der Waals surface area contributed by atoms with Crippen LogP contribution in [0.2, 0.25) is 18.1 Å². The number of ether oxygens (including phenoxy) is 2. The molecular formula is C16H30O4Si. The minimum absolute atomic E-state index is 0.0161. The first-order chi connectivity index (χ1) is 9.34. The quantitative estimate of drug-likeness (QED) is 0.748. The number of hydrogen-bond acceptors (Lipinski definition) is 4. The van der Waals surface area contributed by atoms with E-state index in [0.717, 1.165) is 0 Å². The summed E-state index contributed by atoms with van der Waals surface area (Å²) in [6.07, 6.45) is -0.0497. The zero-order valence-electron chi connectivity index (χ0n) is 14.6. The third-order valence-corrected chi connectivity index (χ3v) is 9.77. The number of carbonyl (C=O) groups excluding carboxylic acids is 1. The van der Waals surface area contributed by atoms with Gasteiger partial charge in [-0.05, 0) is 38.9 Å². The lowest BCUT2D eigenvalue weighted by atomic mass is 10.00. The highest BCUT2D eigenvalue weighted by atomic mass is 28.4.